The molecule has 1 saturated heterocycles. The molecule has 1 N–H and O–H groups in total. The Morgan fingerprint density at radius 1 is 1.19 bits per heavy atom. The minimum absolute atomic E-state index is 0.0218. The number of hydrogen-bond acceptors (Lipinski definition) is 6. The Morgan fingerprint density at radius 2 is 1.81 bits per heavy atom. The second-order valence-corrected chi connectivity index (χ2v) is 13.2. The number of aliphatic carboxylic acids is 1. The van der Waals surface area contributed by atoms with E-state index in [9.17, 15) is 28.3 Å². The monoisotopic (exact) mass is 479 g/mol. The van der Waals surface area contributed by atoms with Gasteiger partial charge in [-0.3, -0.25) is 14.5 Å². The zero-order valence-corrected chi connectivity index (χ0v) is 20.9. The number of rotatable bonds is 15. The van der Waals surface area contributed by atoms with E-state index >= 15 is 0 Å². The lowest BCUT2D eigenvalue weighted by molar-refractivity contribution is -0.167. The average molecular weight is 480 g/mol. The van der Waals surface area contributed by atoms with Crippen LogP contribution in [0.1, 0.15) is 59.3 Å². The van der Waals surface area contributed by atoms with Gasteiger partial charge in [0, 0.05) is 31.4 Å². The molecule has 0 aromatic heterocycles. The van der Waals surface area contributed by atoms with Crippen LogP contribution in [0.15, 0.2) is 0 Å². The number of esters is 1. The van der Waals surface area contributed by atoms with E-state index in [0.29, 0.717) is 25.7 Å². The number of nitrogens with zero attached hydrogens (tertiary/aromatic N) is 1. The van der Waals surface area contributed by atoms with Crippen molar-refractivity contribution < 1.29 is 37.4 Å². The first-order chi connectivity index (χ1) is 15.0. The molecule has 0 aromatic carbocycles. The molecule has 1 aliphatic heterocycles. The Kier molecular flexibility index (Phi) is 11.9. The molecule has 0 saturated carbocycles. The molecule has 0 aliphatic carbocycles. The van der Waals surface area contributed by atoms with Gasteiger partial charge in [-0.15, -0.1) is 0 Å². The van der Waals surface area contributed by atoms with Gasteiger partial charge in [0.25, 0.3) is 0 Å². The molecule has 6 unspecified atom stereocenters. The molecule has 1 fully saturated rings. The SMILES string of the molecule is CCCC(F)OC(=O)C1C(CO[Si](C)(C)C(F)CCC)CC(C(=O)O)N1CC(C=O)CC. The van der Waals surface area contributed by atoms with Gasteiger partial charge in [-0.05, 0) is 38.8 Å². The smallest absolute Gasteiger partial charge is 0.326 e. The van der Waals surface area contributed by atoms with Crippen LogP contribution in [-0.4, -0.2) is 73.9 Å². The number of halogens is 2. The maximum absolute atomic E-state index is 14.6. The van der Waals surface area contributed by atoms with Crippen molar-refractivity contribution in [1.29, 1.82) is 0 Å². The number of aldehydes is 1. The van der Waals surface area contributed by atoms with Gasteiger partial charge in [0.1, 0.15) is 24.2 Å². The van der Waals surface area contributed by atoms with Crippen LogP contribution in [0, 0.1) is 11.8 Å². The third-order valence-electron chi connectivity index (χ3n) is 6.14. The molecule has 186 valence electrons. The van der Waals surface area contributed by atoms with E-state index in [-0.39, 0.29) is 26.0 Å². The maximum Gasteiger partial charge on any atom is 0.326 e. The molecular formula is C22H39F2NO6Si. The van der Waals surface area contributed by atoms with E-state index in [1.165, 1.54) is 4.90 Å². The first kappa shape index (κ1) is 28.6. The number of carbonyl (C=O) groups is 3. The Labute approximate surface area is 190 Å². The average Bonchev–Trinajstić information content (AvgIpc) is 3.09. The van der Waals surface area contributed by atoms with Crippen LogP contribution in [0.4, 0.5) is 8.78 Å². The van der Waals surface area contributed by atoms with Crippen molar-refractivity contribution in [2.75, 3.05) is 13.2 Å². The first-order valence-corrected chi connectivity index (χ1v) is 14.6. The second-order valence-electron chi connectivity index (χ2n) is 9.10. The van der Waals surface area contributed by atoms with E-state index in [1.807, 2.05) is 6.92 Å². The molecule has 32 heavy (non-hydrogen) atoms. The summed E-state index contributed by atoms with van der Waals surface area (Å²) in [7, 11) is -2.74. The molecular weight excluding hydrogens is 440 g/mol. The number of hydrogen-bond donors (Lipinski definition) is 1. The summed E-state index contributed by atoms with van der Waals surface area (Å²) in [6.45, 7) is 8.95. The fourth-order valence-electron chi connectivity index (χ4n) is 4.02. The van der Waals surface area contributed by atoms with E-state index in [2.05, 4.69) is 0 Å². The highest BCUT2D eigenvalue weighted by Crippen LogP contribution is 2.34. The van der Waals surface area contributed by atoms with Crippen LogP contribution < -0.4 is 0 Å². The maximum atomic E-state index is 14.6. The van der Waals surface area contributed by atoms with E-state index in [1.54, 1.807) is 26.9 Å². The minimum Gasteiger partial charge on any atom is -0.480 e. The van der Waals surface area contributed by atoms with Crippen LogP contribution in [0.5, 0.6) is 0 Å². The zero-order valence-electron chi connectivity index (χ0n) is 19.9. The van der Waals surface area contributed by atoms with Gasteiger partial charge in [-0.2, -0.15) is 0 Å². The summed E-state index contributed by atoms with van der Waals surface area (Å²) < 4.78 is 39.6. The van der Waals surface area contributed by atoms with E-state index in [0.717, 1.165) is 6.29 Å². The van der Waals surface area contributed by atoms with Gasteiger partial charge in [0.2, 0.25) is 14.7 Å². The summed E-state index contributed by atoms with van der Waals surface area (Å²) in [5, 5.41) is 9.76. The van der Waals surface area contributed by atoms with Gasteiger partial charge in [-0.1, -0.05) is 27.2 Å². The molecule has 1 aliphatic rings. The Bertz CT molecular complexity index is 623. The predicted octanol–water partition coefficient (Wildman–Crippen LogP) is 3.89. The molecule has 0 bridgehead atoms. The lowest BCUT2D eigenvalue weighted by Gasteiger charge is -2.32. The number of ether oxygens (including phenoxy) is 1. The van der Waals surface area contributed by atoms with E-state index in [4.69, 9.17) is 9.16 Å². The predicted molar refractivity (Wildman–Crippen MR) is 119 cm³/mol. The highest BCUT2D eigenvalue weighted by molar-refractivity contribution is 6.72. The third kappa shape index (κ3) is 7.88. The molecule has 0 aromatic rings. The lowest BCUT2D eigenvalue weighted by Crippen LogP contribution is -2.50. The summed E-state index contributed by atoms with van der Waals surface area (Å²) in [5.41, 5.74) is 0. The number of carboxylic acids is 1. The Morgan fingerprint density at radius 3 is 2.31 bits per heavy atom. The first-order valence-electron chi connectivity index (χ1n) is 11.6. The van der Waals surface area contributed by atoms with Crippen LogP contribution in [0.25, 0.3) is 0 Å². The van der Waals surface area contributed by atoms with Gasteiger partial charge in [0.05, 0.1) is 0 Å². The molecule has 10 heteroatoms. The second kappa shape index (κ2) is 13.3. The number of likely N-dealkylation sites (tertiary alicyclic amines) is 1. The summed E-state index contributed by atoms with van der Waals surface area (Å²) >= 11 is 0. The molecule has 0 spiro atoms. The molecule has 1 heterocycles. The summed E-state index contributed by atoms with van der Waals surface area (Å²) in [6, 6.07) is -2.12. The molecule has 0 radical (unpaired) electrons. The highest BCUT2D eigenvalue weighted by atomic mass is 28.4. The summed E-state index contributed by atoms with van der Waals surface area (Å²) in [4.78, 5) is 37.7. The molecule has 0 amide bonds. The fraction of sp³-hybridized carbons (Fsp3) is 0.864. The van der Waals surface area contributed by atoms with Gasteiger partial charge in [0.15, 0.2) is 0 Å². The Hall–Kier alpha value is -1.39. The van der Waals surface area contributed by atoms with Gasteiger partial charge < -0.3 is 19.1 Å². The quantitative estimate of drug-likeness (QED) is 0.216. The van der Waals surface area contributed by atoms with Crippen LogP contribution in [-0.2, 0) is 23.5 Å². The molecule has 6 atom stereocenters. The van der Waals surface area contributed by atoms with Crippen LogP contribution in [0.3, 0.4) is 0 Å². The van der Waals surface area contributed by atoms with Crippen molar-refractivity contribution in [2.24, 2.45) is 11.8 Å². The van der Waals surface area contributed by atoms with Crippen molar-refractivity contribution in [1.82, 2.24) is 4.90 Å². The van der Waals surface area contributed by atoms with E-state index < -0.39 is 56.3 Å². The van der Waals surface area contributed by atoms with Gasteiger partial charge in [-0.25, -0.2) is 8.78 Å². The highest BCUT2D eigenvalue weighted by Gasteiger charge is 2.50. The van der Waals surface area contributed by atoms with Crippen molar-refractivity contribution in [3.8, 4) is 0 Å². The number of alkyl halides is 2. The minimum atomic E-state index is -2.74. The summed E-state index contributed by atoms with van der Waals surface area (Å²) in [5.74, 6) is -4.18. The Balaban J connectivity index is 3.16. The van der Waals surface area contributed by atoms with Crippen molar-refractivity contribution >= 4 is 26.5 Å². The fourth-order valence-corrected chi connectivity index (χ4v) is 5.83. The molecule has 7 nitrogen and oxygen atoms in total. The number of carbonyl (C=O) groups excluding carboxylic acids is 2. The van der Waals surface area contributed by atoms with Crippen molar-refractivity contribution in [2.45, 2.75) is 96.6 Å². The van der Waals surface area contributed by atoms with Gasteiger partial charge >= 0.3 is 11.9 Å². The molecule has 1 rings (SSSR count). The standard InChI is InChI=1S/C22H39F2NO6Si/c1-6-9-18(23)31-22(29)20-16(14-30-32(4,5)19(24)10-7-2)11-17(21(27)28)25(20)12-15(8-3)13-26/h13,15-20H,6-12,14H2,1-5H3,(H,27,28). The topological polar surface area (TPSA) is 93.1 Å². The van der Waals surface area contributed by atoms with Crippen LogP contribution in [0.2, 0.25) is 13.1 Å². The third-order valence-corrected chi connectivity index (χ3v) is 8.85. The van der Waals surface area contributed by atoms with Crippen molar-refractivity contribution in [3.05, 3.63) is 0 Å². The number of carboxylic acid groups (broad SMARTS) is 1. The normalized spacial score (nSPS) is 24.7. The van der Waals surface area contributed by atoms with Crippen molar-refractivity contribution in [3.63, 3.8) is 0 Å². The lowest BCUT2D eigenvalue weighted by atomic mass is 10.00. The summed E-state index contributed by atoms with van der Waals surface area (Å²) in [6.07, 6.45) is 1.04. The van der Waals surface area contributed by atoms with Crippen LogP contribution >= 0.6 is 0 Å². The largest absolute Gasteiger partial charge is 0.480 e. The zero-order chi connectivity index (χ0) is 24.5.